The Kier molecular flexibility index (Phi) is 3.33. The molecule has 1 aromatic heterocycles. The van der Waals surface area contributed by atoms with Crippen molar-refractivity contribution in [2.75, 3.05) is 31.2 Å². The third-order valence-electron chi connectivity index (χ3n) is 5.41. The van der Waals surface area contributed by atoms with Crippen LogP contribution in [0.4, 0.5) is 5.82 Å². The highest BCUT2D eigenvalue weighted by Gasteiger charge is 2.40. The van der Waals surface area contributed by atoms with E-state index >= 15 is 0 Å². The smallest absolute Gasteiger partial charge is 0.339 e. The van der Waals surface area contributed by atoms with Crippen LogP contribution in [0.25, 0.3) is 0 Å². The molecule has 1 unspecified atom stereocenters. The van der Waals surface area contributed by atoms with Crippen LogP contribution in [0.15, 0.2) is 6.07 Å². The van der Waals surface area contributed by atoms with Crippen LogP contribution in [-0.4, -0.2) is 42.4 Å². The van der Waals surface area contributed by atoms with Gasteiger partial charge >= 0.3 is 5.97 Å². The highest BCUT2D eigenvalue weighted by molar-refractivity contribution is 5.93. The molecule has 1 spiro atoms. The van der Waals surface area contributed by atoms with E-state index in [1.54, 1.807) is 0 Å². The van der Waals surface area contributed by atoms with Crippen LogP contribution in [0.2, 0.25) is 0 Å². The summed E-state index contributed by atoms with van der Waals surface area (Å²) in [5, 5.41) is 9.59. The van der Waals surface area contributed by atoms with Crippen LogP contribution in [0.5, 0.6) is 0 Å². The lowest BCUT2D eigenvalue weighted by Crippen LogP contribution is -2.44. The Morgan fingerprint density at radius 1 is 1.32 bits per heavy atom. The molecule has 3 aliphatic rings. The minimum atomic E-state index is -0.862. The van der Waals surface area contributed by atoms with Crippen LogP contribution in [0.3, 0.4) is 0 Å². The number of piperidine rings is 1. The van der Waals surface area contributed by atoms with E-state index in [9.17, 15) is 9.90 Å². The lowest BCUT2D eigenvalue weighted by Gasteiger charge is -2.40. The van der Waals surface area contributed by atoms with E-state index in [1.807, 2.05) is 6.07 Å². The number of pyridine rings is 1. The first-order valence-corrected chi connectivity index (χ1v) is 8.26. The molecule has 0 bridgehead atoms. The SMILES string of the molecule is O=C(O)c1cc2c(nc1N1CCCC3(CCOC3)C1)CCC2. The maximum atomic E-state index is 11.7. The normalized spacial score (nSPS) is 27.4. The number of rotatable bonds is 2. The van der Waals surface area contributed by atoms with Crippen molar-refractivity contribution in [2.45, 2.75) is 38.5 Å². The predicted octanol–water partition coefficient (Wildman–Crippen LogP) is 2.28. The second kappa shape index (κ2) is 5.23. The van der Waals surface area contributed by atoms with Gasteiger partial charge in [-0.25, -0.2) is 9.78 Å². The van der Waals surface area contributed by atoms with Gasteiger partial charge in [-0.2, -0.15) is 0 Å². The van der Waals surface area contributed by atoms with Gasteiger partial charge in [0.25, 0.3) is 0 Å². The van der Waals surface area contributed by atoms with Crippen LogP contribution in [-0.2, 0) is 17.6 Å². The zero-order chi connectivity index (χ0) is 15.2. The Morgan fingerprint density at radius 3 is 3.00 bits per heavy atom. The summed E-state index contributed by atoms with van der Waals surface area (Å²) < 4.78 is 5.61. The Bertz CT molecular complexity index is 608. The second-order valence-corrected chi connectivity index (χ2v) is 6.95. The first-order chi connectivity index (χ1) is 10.7. The van der Waals surface area contributed by atoms with Crippen molar-refractivity contribution in [2.24, 2.45) is 5.41 Å². The summed E-state index contributed by atoms with van der Waals surface area (Å²) in [6, 6.07) is 1.86. The van der Waals surface area contributed by atoms with E-state index in [2.05, 4.69) is 4.90 Å². The fraction of sp³-hybridized carbons (Fsp3) is 0.647. The van der Waals surface area contributed by atoms with Crippen LogP contribution in [0.1, 0.15) is 47.3 Å². The summed E-state index contributed by atoms with van der Waals surface area (Å²) in [5.74, 6) is -0.182. The zero-order valence-electron chi connectivity index (χ0n) is 12.8. The van der Waals surface area contributed by atoms with Gasteiger partial charge in [-0.3, -0.25) is 0 Å². The van der Waals surface area contributed by atoms with Gasteiger partial charge in [-0.05, 0) is 50.2 Å². The third kappa shape index (κ3) is 2.28. The monoisotopic (exact) mass is 302 g/mol. The van der Waals surface area contributed by atoms with Gasteiger partial charge in [-0.1, -0.05) is 0 Å². The summed E-state index contributed by atoms with van der Waals surface area (Å²) >= 11 is 0. The molecule has 0 saturated carbocycles. The number of anilines is 1. The summed E-state index contributed by atoms with van der Waals surface area (Å²) in [4.78, 5) is 18.6. The number of fused-ring (bicyclic) bond motifs is 1. The van der Waals surface area contributed by atoms with E-state index in [-0.39, 0.29) is 5.41 Å². The fourth-order valence-electron chi connectivity index (χ4n) is 4.22. The standard InChI is InChI=1S/C17H22N2O3/c20-16(21)13-9-12-3-1-4-14(12)18-15(13)19-7-2-5-17(10-19)6-8-22-11-17/h9H,1-8,10-11H2,(H,20,21). The quantitative estimate of drug-likeness (QED) is 0.908. The largest absolute Gasteiger partial charge is 0.478 e. The number of carboxylic acid groups (broad SMARTS) is 1. The maximum absolute atomic E-state index is 11.7. The Labute approximate surface area is 130 Å². The Balaban J connectivity index is 1.70. The maximum Gasteiger partial charge on any atom is 0.339 e. The van der Waals surface area contributed by atoms with Gasteiger partial charge in [0.1, 0.15) is 11.4 Å². The molecule has 0 aromatic carbocycles. The molecule has 1 aromatic rings. The molecule has 5 heteroatoms. The van der Waals surface area contributed by atoms with E-state index in [1.165, 1.54) is 6.42 Å². The average Bonchev–Trinajstić information content (AvgIpc) is 3.15. The van der Waals surface area contributed by atoms with Crippen molar-refractivity contribution < 1.29 is 14.6 Å². The fourth-order valence-corrected chi connectivity index (χ4v) is 4.22. The minimum absolute atomic E-state index is 0.203. The molecule has 0 radical (unpaired) electrons. The number of nitrogens with zero attached hydrogens (tertiary/aromatic N) is 2. The van der Waals surface area contributed by atoms with Crippen molar-refractivity contribution in [1.29, 1.82) is 0 Å². The Hall–Kier alpha value is -1.62. The number of aromatic nitrogens is 1. The molecule has 0 amide bonds. The molecule has 1 aliphatic carbocycles. The van der Waals surface area contributed by atoms with Crippen molar-refractivity contribution in [3.05, 3.63) is 22.9 Å². The molecule has 4 rings (SSSR count). The summed E-state index contributed by atoms with van der Waals surface area (Å²) in [7, 11) is 0. The van der Waals surface area contributed by atoms with Crippen LogP contribution >= 0.6 is 0 Å². The molecule has 118 valence electrons. The summed E-state index contributed by atoms with van der Waals surface area (Å²) in [6.07, 6.45) is 6.36. The summed E-state index contributed by atoms with van der Waals surface area (Å²) in [5.41, 5.74) is 2.80. The van der Waals surface area contributed by atoms with Crippen molar-refractivity contribution in [1.82, 2.24) is 4.98 Å². The van der Waals surface area contributed by atoms with Gasteiger partial charge in [0.15, 0.2) is 0 Å². The number of hydrogen-bond acceptors (Lipinski definition) is 4. The molecule has 22 heavy (non-hydrogen) atoms. The number of carboxylic acids is 1. The van der Waals surface area contributed by atoms with Gasteiger partial charge in [-0.15, -0.1) is 0 Å². The molecule has 2 saturated heterocycles. The topological polar surface area (TPSA) is 62.7 Å². The number of carbonyl (C=O) groups is 1. The van der Waals surface area contributed by atoms with E-state index in [0.29, 0.717) is 11.4 Å². The molecule has 5 nitrogen and oxygen atoms in total. The van der Waals surface area contributed by atoms with E-state index < -0.39 is 5.97 Å². The number of ether oxygens (including phenoxy) is 1. The number of hydrogen-bond donors (Lipinski definition) is 1. The van der Waals surface area contributed by atoms with Gasteiger partial charge in [0.2, 0.25) is 0 Å². The number of aromatic carboxylic acids is 1. The first kappa shape index (κ1) is 14.0. The highest BCUT2D eigenvalue weighted by atomic mass is 16.5. The molecule has 2 fully saturated rings. The van der Waals surface area contributed by atoms with E-state index in [0.717, 1.165) is 69.7 Å². The minimum Gasteiger partial charge on any atom is -0.478 e. The predicted molar refractivity (Wildman–Crippen MR) is 82.5 cm³/mol. The molecular formula is C17H22N2O3. The third-order valence-corrected chi connectivity index (χ3v) is 5.41. The molecule has 1 atom stereocenters. The van der Waals surface area contributed by atoms with Gasteiger partial charge in [0.05, 0.1) is 6.61 Å². The van der Waals surface area contributed by atoms with Gasteiger partial charge in [0, 0.05) is 30.8 Å². The van der Waals surface area contributed by atoms with E-state index in [4.69, 9.17) is 9.72 Å². The van der Waals surface area contributed by atoms with Gasteiger partial charge < -0.3 is 14.7 Å². The lowest BCUT2D eigenvalue weighted by atomic mass is 9.79. The second-order valence-electron chi connectivity index (χ2n) is 6.95. The highest BCUT2D eigenvalue weighted by Crippen LogP contribution is 2.40. The lowest BCUT2D eigenvalue weighted by molar-refractivity contribution is 0.0696. The average molecular weight is 302 g/mol. The van der Waals surface area contributed by atoms with Crippen molar-refractivity contribution in [3.8, 4) is 0 Å². The Morgan fingerprint density at radius 2 is 2.23 bits per heavy atom. The molecule has 3 heterocycles. The van der Waals surface area contributed by atoms with Crippen molar-refractivity contribution >= 4 is 11.8 Å². The first-order valence-electron chi connectivity index (χ1n) is 8.26. The number of aryl methyl sites for hydroxylation is 2. The molecular weight excluding hydrogens is 280 g/mol. The molecule has 1 N–H and O–H groups in total. The van der Waals surface area contributed by atoms with Crippen molar-refractivity contribution in [3.63, 3.8) is 0 Å². The van der Waals surface area contributed by atoms with Crippen LogP contribution in [0, 0.1) is 5.41 Å². The molecule has 2 aliphatic heterocycles. The zero-order valence-corrected chi connectivity index (χ0v) is 12.8. The van der Waals surface area contributed by atoms with Crippen LogP contribution < -0.4 is 4.90 Å². The summed E-state index contributed by atoms with van der Waals surface area (Å²) in [6.45, 7) is 3.40.